The van der Waals surface area contributed by atoms with E-state index < -0.39 is 15.8 Å². The molecule has 146 valence electrons. The van der Waals surface area contributed by atoms with Gasteiger partial charge in [-0.2, -0.15) is 4.31 Å². The van der Waals surface area contributed by atoms with Crippen LogP contribution in [0, 0.1) is 5.82 Å². The number of fused-ring (bicyclic) bond motifs is 1. The van der Waals surface area contributed by atoms with E-state index in [1.54, 1.807) is 4.90 Å². The summed E-state index contributed by atoms with van der Waals surface area (Å²) in [5.41, 5.74) is 1.06. The van der Waals surface area contributed by atoms with E-state index in [0.717, 1.165) is 17.0 Å². The number of carbonyl (C=O) groups is 1. The third-order valence-electron chi connectivity index (χ3n) is 4.82. The molecular weight excluding hydrogens is 405 g/mol. The van der Waals surface area contributed by atoms with Crippen molar-refractivity contribution in [2.75, 3.05) is 26.2 Å². The van der Waals surface area contributed by atoms with Crippen molar-refractivity contribution in [2.24, 2.45) is 0 Å². The standard InChI is InChI=1S/C19H17ClFN3O3S/c20-17-15-6-1-2-7-16(15)22-18(17)19(25)23-8-10-24(11-9-23)28(26,27)14-5-3-4-13(21)12-14/h1-7,12,22H,8-11H2. The summed E-state index contributed by atoms with van der Waals surface area (Å²) in [7, 11) is -3.81. The van der Waals surface area contributed by atoms with Gasteiger partial charge < -0.3 is 9.88 Å². The Balaban J connectivity index is 1.50. The fraction of sp³-hybridized carbons (Fsp3) is 0.211. The molecule has 3 aromatic rings. The van der Waals surface area contributed by atoms with Gasteiger partial charge in [-0.25, -0.2) is 12.8 Å². The fourth-order valence-corrected chi connectivity index (χ4v) is 5.07. The lowest BCUT2D eigenvalue weighted by Gasteiger charge is -2.33. The Kier molecular flexibility index (Phi) is 4.86. The molecule has 1 fully saturated rings. The minimum absolute atomic E-state index is 0.0917. The maximum atomic E-state index is 13.4. The molecule has 1 saturated heterocycles. The van der Waals surface area contributed by atoms with Crippen LogP contribution in [0.1, 0.15) is 10.5 Å². The molecule has 1 aromatic heterocycles. The summed E-state index contributed by atoms with van der Waals surface area (Å²) in [4.78, 5) is 17.4. The van der Waals surface area contributed by atoms with Crippen LogP contribution in [-0.2, 0) is 10.0 Å². The summed E-state index contributed by atoms with van der Waals surface area (Å²) < 4.78 is 40.0. The molecule has 9 heteroatoms. The van der Waals surface area contributed by atoms with E-state index in [4.69, 9.17) is 11.6 Å². The van der Waals surface area contributed by atoms with Gasteiger partial charge in [-0.1, -0.05) is 35.9 Å². The van der Waals surface area contributed by atoms with Crippen molar-refractivity contribution in [3.05, 3.63) is 65.1 Å². The molecule has 2 aromatic carbocycles. The molecule has 1 aliphatic rings. The van der Waals surface area contributed by atoms with Crippen LogP contribution in [-0.4, -0.2) is 54.7 Å². The maximum Gasteiger partial charge on any atom is 0.271 e. The molecule has 0 atom stereocenters. The van der Waals surface area contributed by atoms with Crippen LogP contribution >= 0.6 is 11.6 Å². The van der Waals surface area contributed by atoms with Gasteiger partial charge in [-0.05, 0) is 24.3 Å². The number of H-pyrrole nitrogens is 1. The number of nitrogens with zero attached hydrogens (tertiary/aromatic N) is 2. The highest BCUT2D eigenvalue weighted by atomic mass is 35.5. The molecule has 1 aliphatic heterocycles. The molecular formula is C19H17ClFN3O3S. The number of halogens is 2. The van der Waals surface area contributed by atoms with Crippen molar-refractivity contribution >= 4 is 38.4 Å². The molecule has 0 radical (unpaired) electrons. The number of para-hydroxylation sites is 1. The molecule has 6 nitrogen and oxygen atoms in total. The minimum Gasteiger partial charge on any atom is -0.349 e. The van der Waals surface area contributed by atoms with Gasteiger partial charge in [0.25, 0.3) is 5.91 Å². The summed E-state index contributed by atoms with van der Waals surface area (Å²) in [6, 6.07) is 12.3. The highest BCUT2D eigenvalue weighted by Gasteiger charge is 2.31. The molecule has 1 amide bonds. The van der Waals surface area contributed by atoms with Gasteiger partial charge in [0.1, 0.15) is 11.5 Å². The number of amides is 1. The molecule has 0 saturated carbocycles. The lowest BCUT2D eigenvalue weighted by molar-refractivity contribution is 0.0693. The maximum absolute atomic E-state index is 13.4. The fourth-order valence-electron chi connectivity index (χ4n) is 3.32. The first-order chi connectivity index (χ1) is 13.4. The molecule has 2 heterocycles. The van der Waals surface area contributed by atoms with Crippen LogP contribution in [0.4, 0.5) is 4.39 Å². The number of rotatable bonds is 3. The van der Waals surface area contributed by atoms with Crippen molar-refractivity contribution < 1.29 is 17.6 Å². The predicted octanol–water partition coefficient (Wildman–Crippen LogP) is 3.11. The van der Waals surface area contributed by atoms with Gasteiger partial charge in [-0.3, -0.25) is 4.79 Å². The molecule has 0 bridgehead atoms. The summed E-state index contributed by atoms with van der Waals surface area (Å²) in [5.74, 6) is -0.882. The topological polar surface area (TPSA) is 73.5 Å². The van der Waals surface area contributed by atoms with Crippen molar-refractivity contribution in [3.63, 3.8) is 0 Å². The van der Waals surface area contributed by atoms with Crippen molar-refractivity contribution in [1.29, 1.82) is 0 Å². The molecule has 0 unspecified atom stereocenters. The minimum atomic E-state index is -3.81. The highest BCUT2D eigenvalue weighted by molar-refractivity contribution is 7.89. The molecule has 0 spiro atoms. The average Bonchev–Trinajstić information content (AvgIpc) is 3.04. The second kappa shape index (κ2) is 7.20. The van der Waals surface area contributed by atoms with Crippen LogP contribution in [0.15, 0.2) is 53.4 Å². The van der Waals surface area contributed by atoms with Crippen LogP contribution in [0.2, 0.25) is 5.02 Å². The molecule has 4 rings (SSSR count). The SMILES string of the molecule is O=C(c1[nH]c2ccccc2c1Cl)N1CCN(S(=O)(=O)c2cccc(F)c2)CC1. The number of aromatic amines is 1. The quantitative estimate of drug-likeness (QED) is 0.706. The third kappa shape index (κ3) is 3.28. The van der Waals surface area contributed by atoms with Gasteiger partial charge in [0.05, 0.1) is 9.92 Å². The van der Waals surface area contributed by atoms with Gasteiger partial charge in [0.2, 0.25) is 10.0 Å². The second-order valence-electron chi connectivity index (χ2n) is 6.51. The number of piperazine rings is 1. The lowest BCUT2D eigenvalue weighted by atomic mass is 10.2. The Morgan fingerprint density at radius 3 is 2.43 bits per heavy atom. The number of hydrogen-bond acceptors (Lipinski definition) is 3. The van der Waals surface area contributed by atoms with Gasteiger partial charge in [0.15, 0.2) is 0 Å². The van der Waals surface area contributed by atoms with Gasteiger partial charge >= 0.3 is 0 Å². The highest BCUT2D eigenvalue weighted by Crippen LogP contribution is 2.28. The van der Waals surface area contributed by atoms with E-state index in [1.165, 1.54) is 22.5 Å². The van der Waals surface area contributed by atoms with E-state index in [0.29, 0.717) is 10.7 Å². The monoisotopic (exact) mass is 421 g/mol. The third-order valence-corrected chi connectivity index (χ3v) is 7.10. The lowest BCUT2D eigenvalue weighted by Crippen LogP contribution is -2.50. The number of benzene rings is 2. The van der Waals surface area contributed by atoms with E-state index in [1.807, 2.05) is 24.3 Å². The van der Waals surface area contributed by atoms with E-state index in [-0.39, 0.29) is 37.0 Å². The van der Waals surface area contributed by atoms with Gasteiger partial charge in [0, 0.05) is 37.1 Å². The first-order valence-electron chi connectivity index (χ1n) is 8.69. The molecule has 1 N–H and O–H groups in total. The zero-order valence-corrected chi connectivity index (χ0v) is 16.3. The van der Waals surface area contributed by atoms with Crippen LogP contribution < -0.4 is 0 Å². The summed E-state index contributed by atoms with van der Waals surface area (Å²) in [6.45, 7) is 0.697. The second-order valence-corrected chi connectivity index (χ2v) is 8.83. The van der Waals surface area contributed by atoms with Crippen LogP contribution in [0.25, 0.3) is 10.9 Å². The molecule has 28 heavy (non-hydrogen) atoms. The van der Waals surface area contributed by atoms with Crippen molar-refractivity contribution in [2.45, 2.75) is 4.90 Å². The largest absolute Gasteiger partial charge is 0.349 e. The first kappa shape index (κ1) is 18.9. The summed E-state index contributed by atoms with van der Waals surface area (Å²) in [6.07, 6.45) is 0. The Morgan fingerprint density at radius 2 is 1.75 bits per heavy atom. The zero-order chi connectivity index (χ0) is 19.9. The zero-order valence-electron chi connectivity index (χ0n) is 14.7. The van der Waals surface area contributed by atoms with Crippen LogP contribution in [0.5, 0.6) is 0 Å². The Labute approximate surface area is 166 Å². The van der Waals surface area contributed by atoms with E-state index in [9.17, 15) is 17.6 Å². The summed E-state index contributed by atoms with van der Waals surface area (Å²) in [5, 5.41) is 1.12. The normalized spacial score (nSPS) is 15.9. The number of sulfonamides is 1. The van der Waals surface area contributed by atoms with Crippen LogP contribution in [0.3, 0.4) is 0 Å². The Bertz CT molecular complexity index is 1150. The smallest absolute Gasteiger partial charge is 0.271 e. The first-order valence-corrected chi connectivity index (χ1v) is 10.5. The van der Waals surface area contributed by atoms with E-state index >= 15 is 0 Å². The number of nitrogens with one attached hydrogen (secondary N) is 1. The Morgan fingerprint density at radius 1 is 1.04 bits per heavy atom. The van der Waals surface area contributed by atoms with Crippen molar-refractivity contribution in [3.8, 4) is 0 Å². The summed E-state index contributed by atoms with van der Waals surface area (Å²) >= 11 is 6.35. The Hall–Kier alpha value is -2.42. The number of aromatic nitrogens is 1. The van der Waals surface area contributed by atoms with Crippen molar-refractivity contribution in [1.82, 2.24) is 14.2 Å². The predicted molar refractivity (Wildman–Crippen MR) is 104 cm³/mol. The van der Waals surface area contributed by atoms with Gasteiger partial charge in [-0.15, -0.1) is 0 Å². The number of hydrogen-bond donors (Lipinski definition) is 1. The van der Waals surface area contributed by atoms with E-state index in [2.05, 4.69) is 4.98 Å². The number of carbonyl (C=O) groups excluding carboxylic acids is 1. The molecule has 0 aliphatic carbocycles. The average molecular weight is 422 g/mol.